The summed E-state index contributed by atoms with van der Waals surface area (Å²) in [6.07, 6.45) is 9.67. The van der Waals surface area contributed by atoms with Crippen LogP contribution in [0, 0.1) is 0 Å². The van der Waals surface area contributed by atoms with Gasteiger partial charge in [0.15, 0.2) is 0 Å². The summed E-state index contributed by atoms with van der Waals surface area (Å²) in [7, 11) is 0. The summed E-state index contributed by atoms with van der Waals surface area (Å²) < 4.78 is 2.08. The van der Waals surface area contributed by atoms with Crippen LogP contribution < -0.4 is 5.73 Å². The Morgan fingerprint density at radius 1 is 1.16 bits per heavy atom. The van der Waals surface area contributed by atoms with Crippen molar-refractivity contribution in [3.8, 4) is 0 Å². The van der Waals surface area contributed by atoms with Gasteiger partial charge in [-0.15, -0.1) is 0 Å². The van der Waals surface area contributed by atoms with Crippen molar-refractivity contribution >= 4 is 33.9 Å². The molecule has 0 saturated carbocycles. The number of hydrogen-bond acceptors (Lipinski definition) is 1. The van der Waals surface area contributed by atoms with E-state index >= 15 is 0 Å². The molecule has 0 aliphatic heterocycles. The Morgan fingerprint density at radius 2 is 1.89 bits per heavy atom. The van der Waals surface area contributed by atoms with Gasteiger partial charge in [0.2, 0.25) is 0 Å². The van der Waals surface area contributed by atoms with Crippen LogP contribution in [0.2, 0.25) is 0 Å². The highest BCUT2D eigenvalue weighted by molar-refractivity contribution is 14.1. The highest BCUT2D eigenvalue weighted by Gasteiger charge is 2.16. The third-order valence-electron chi connectivity index (χ3n) is 3.32. The van der Waals surface area contributed by atoms with E-state index in [4.69, 9.17) is 5.73 Å². The maximum Gasteiger partial charge on any atom is 0.0314 e. The first kappa shape index (κ1) is 14.1. The molecule has 0 unspecified atom stereocenters. The standard InChI is InChI=1S/C17H18IN/c1-2-4-13-5-3-6-14(11-12-18)17(13)15-7-9-16(19)10-8-15/h2,4,7-12H,1,3,5-6,19H2/b12-11+,13-4+. The maximum absolute atomic E-state index is 5.78. The van der Waals surface area contributed by atoms with Crippen LogP contribution in [0.3, 0.4) is 0 Å². The first-order valence-corrected chi connectivity index (χ1v) is 7.68. The van der Waals surface area contributed by atoms with Crippen molar-refractivity contribution in [2.45, 2.75) is 19.3 Å². The lowest BCUT2D eigenvalue weighted by atomic mass is 9.83. The Labute approximate surface area is 128 Å². The van der Waals surface area contributed by atoms with E-state index in [0.717, 1.165) is 18.5 Å². The van der Waals surface area contributed by atoms with Gasteiger partial charge in [0.05, 0.1) is 0 Å². The molecule has 0 bridgehead atoms. The van der Waals surface area contributed by atoms with E-state index in [9.17, 15) is 0 Å². The number of anilines is 1. The lowest BCUT2D eigenvalue weighted by Crippen LogP contribution is -2.02. The van der Waals surface area contributed by atoms with Gasteiger partial charge in [-0.3, -0.25) is 0 Å². The van der Waals surface area contributed by atoms with Crippen LogP contribution in [0.15, 0.2) is 64.3 Å². The summed E-state index contributed by atoms with van der Waals surface area (Å²) in [5, 5.41) is 0. The average Bonchev–Trinajstić information content (AvgIpc) is 2.41. The summed E-state index contributed by atoms with van der Waals surface area (Å²) in [5.74, 6) is 0. The van der Waals surface area contributed by atoms with Crippen molar-refractivity contribution in [2.24, 2.45) is 0 Å². The van der Waals surface area contributed by atoms with E-state index in [-0.39, 0.29) is 0 Å². The molecule has 0 atom stereocenters. The Morgan fingerprint density at radius 3 is 2.53 bits per heavy atom. The smallest absolute Gasteiger partial charge is 0.0314 e. The van der Waals surface area contributed by atoms with Gasteiger partial charge in [-0.25, -0.2) is 0 Å². The average molecular weight is 363 g/mol. The second kappa shape index (κ2) is 6.75. The van der Waals surface area contributed by atoms with Crippen LogP contribution in [-0.2, 0) is 0 Å². The first-order chi connectivity index (χ1) is 9.26. The molecule has 0 saturated heterocycles. The van der Waals surface area contributed by atoms with Crippen molar-refractivity contribution in [2.75, 3.05) is 5.73 Å². The van der Waals surface area contributed by atoms with E-state index in [1.807, 2.05) is 18.2 Å². The third kappa shape index (κ3) is 3.38. The quantitative estimate of drug-likeness (QED) is 0.575. The molecular weight excluding hydrogens is 345 g/mol. The number of hydrogen-bond donors (Lipinski definition) is 1. The van der Waals surface area contributed by atoms with Crippen molar-refractivity contribution in [1.29, 1.82) is 0 Å². The molecule has 0 radical (unpaired) electrons. The molecule has 2 heteroatoms. The lowest BCUT2D eigenvalue weighted by Gasteiger charge is -2.22. The van der Waals surface area contributed by atoms with Crippen LogP contribution in [0.4, 0.5) is 5.69 Å². The molecule has 19 heavy (non-hydrogen) atoms. The fourth-order valence-electron chi connectivity index (χ4n) is 2.50. The van der Waals surface area contributed by atoms with Gasteiger partial charge in [-0.05, 0) is 57.8 Å². The van der Waals surface area contributed by atoms with Gasteiger partial charge in [0, 0.05) is 5.69 Å². The SMILES string of the molecule is C=C/C=C1\CCCC(/C=C/I)=C1c1ccc(N)cc1. The molecule has 0 amide bonds. The monoisotopic (exact) mass is 363 g/mol. The van der Waals surface area contributed by atoms with Gasteiger partial charge in [0.1, 0.15) is 0 Å². The Kier molecular flexibility index (Phi) is 5.02. The number of benzene rings is 1. The van der Waals surface area contributed by atoms with E-state index < -0.39 is 0 Å². The normalized spacial score (nSPS) is 18.3. The van der Waals surface area contributed by atoms with E-state index in [2.05, 4.69) is 57.5 Å². The summed E-state index contributed by atoms with van der Waals surface area (Å²) >= 11 is 2.28. The third-order valence-corrected chi connectivity index (χ3v) is 3.68. The molecule has 2 N–H and O–H groups in total. The molecule has 0 fully saturated rings. The molecule has 1 aliphatic carbocycles. The van der Waals surface area contributed by atoms with E-state index in [0.29, 0.717) is 0 Å². The molecule has 2 rings (SSSR count). The van der Waals surface area contributed by atoms with E-state index in [1.54, 1.807) is 0 Å². The zero-order chi connectivity index (χ0) is 13.7. The highest BCUT2D eigenvalue weighted by Crippen LogP contribution is 2.37. The summed E-state index contributed by atoms with van der Waals surface area (Å²) in [5.41, 5.74) is 11.9. The Bertz CT molecular complexity index is 547. The van der Waals surface area contributed by atoms with Crippen molar-refractivity contribution < 1.29 is 0 Å². The molecule has 0 heterocycles. The minimum Gasteiger partial charge on any atom is -0.399 e. The molecule has 98 valence electrons. The van der Waals surface area contributed by atoms with Crippen LogP contribution >= 0.6 is 22.6 Å². The predicted molar refractivity (Wildman–Crippen MR) is 93.1 cm³/mol. The molecule has 1 nitrogen and oxygen atoms in total. The van der Waals surface area contributed by atoms with Gasteiger partial charge in [-0.2, -0.15) is 0 Å². The summed E-state index contributed by atoms with van der Waals surface area (Å²) in [6, 6.07) is 8.14. The van der Waals surface area contributed by atoms with Gasteiger partial charge >= 0.3 is 0 Å². The number of halogens is 1. The van der Waals surface area contributed by atoms with Gasteiger partial charge < -0.3 is 5.73 Å². The van der Waals surface area contributed by atoms with Gasteiger partial charge in [-0.1, -0.05) is 59.5 Å². The Balaban J connectivity index is 2.57. The highest BCUT2D eigenvalue weighted by atomic mass is 127. The molecule has 1 aromatic carbocycles. The largest absolute Gasteiger partial charge is 0.399 e. The lowest BCUT2D eigenvalue weighted by molar-refractivity contribution is 0.806. The second-order valence-electron chi connectivity index (χ2n) is 4.60. The maximum atomic E-state index is 5.78. The minimum absolute atomic E-state index is 0.806. The molecule has 1 aliphatic rings. The number of nitrogen functional groups attached to an aromatic ring is 1. The van der Waals surface area contributed by atoms with Crippen molar-refractivity contribution in [3.63, 3.8) is 0 Å². The first-order valence-electron chi connectivity index (χ1n) is 6.44. The number of allylic oxidation sites excluding steroid dienone is 6. The van der Waals surface area contributed by atoms with Crippen molar-refractivity contribution in [3.05, 3.63) is 69.9 Å². The summed E-state index contributed by atoms with van der Waals surface area (Å²) in [6.45, 7) is 3.83. The second-order valence-corrected chi connectivity index (χ2v) is 5.32. The van der Waals surface area contributed by atoms with Gasteiger partial charge in [0.25, 0.3) is 0 Å². The van der Waals surface area contributed by atoms with Crippen LogP contribution in [0.1, 0.15) is 24.8 Å². The summed E-state index contributed by atoms with van der Waals surface area (Å²) in [4.78, 5) is 0. The number of rotatable bonds is 3. The molecular formula is C17H18IN. The Hall–Kier alpha value is -1.29. The topological polar surface area (TPSA) is 26.0 Å². The zero-order valence-corrected chi connectivity index (χ0v) is 13.1. The van der Waals surface area contributed by atoms with Crippen LogP contribution in [0.5, 0.6) is 0 Å². The van der Waals surface area contributed by atoms with Crippen molar-refractivity contribution in [1.82, 2.24) is 0 Å². The van der Waals surface area contributed by atoms with Crippen LogP contribution in [-0.4, -0.2) is 0 Å². The van der Waals surface area contributed by atoms with E-state index in [1.165, 1.54) is 28.7 Å². The molecule has 0 aromatic heterocycles. The zero-order valence-electron chi connectivity index (χ0n) is 10.9. The predicted octanol–water partition coefficient (Wildman–Crippen LogP) is 5.27. The molecule has 1 aromatic rings. The molecule has 0 spiro atoms. The minimum atomic E-state index is 0.806. The fraction of sp³-hybridized carbons (Fsp3) is 0.176. The van der Waals surface area contributed by atoms with Crippen LogP contribution in [0.25, 0.3) is 5.57 Å². The fourth-order valence-corrected chi connectivity index (χ4v) is 2.93. The number of nitrogens with two attached hydrogens (primary N) is 1.